The summed E-state index contributed by atoms with van der Waals surface area (Å²) in [7, 11) is 0. The molecule has 3 rings (SSSR count). The van der Waals surface area contributed by atoms with Crippen molar-refractivity contribution in [3.8, 4) is 11.4 Å². The topological polar surface area (TPSA) is 72.7 Å². The fourth-order valence-corrected chi connectivity index (χ4v) is 2.32. The average Bonchev–Trinajstić information content (AvgIpc) is 2.83. The van der Waals surface area contributed by atoms with Crippen molar-refractivity contribution in [3.05, 3.63) is 29.8 Å². The summed E-state index contributed by atoms with van der Waals surface area (Å²) in [4.78, 5) is 13.4. The lowest BCUT2D eigenvalue weighted by Crippen LogP contribution is -2.32. The van der Waals surface area contributed by atoms with Crippen LogP contribution in [-0.2, 0) is 4.79 Å². The number of rotatable bonds is 2. The molecule has 0 saturated carbocycles. The second-order valence-electron chi connectivity index (χ2n) is 5.10. The van der Waals surface area contributed by atoms with Gasteiger partial charge in [-0.05, 0) is 31.4 Å². The Hall–Kier alpha value is -2.24. The number of nitrogens with one attached hydrogen (secondary N) is 1. The van der Waals surface area contributed by atoms with Crippen LogP contribution in [0.4, 0.5) is 0 Å². The predicted molar refractivity (Wildman–Crippen MR) is 73.9 cm³/mol. The van der Waals surface area contributed by atoms with Gasteiger partial charge in [-0.25, -0.2) is 0 Å². The zero-order valence-corrected chi connectivity index (χ0v) is 11.4. The van der Waals surface area contributed by atoms with Gasteiger partial charge in [-0.2, -0.15) is 4.80 Å². The van der Waals surface area contributed by atoms with Crippen LogP contribution in [-0.4, -0.2) is 32.7 Å². The summed E-state index contributed by atoms with van der Waals surface area (Å²) >= 11 is 0. The zero-order chi connectivity index (χ0) is 13.9. The minimum atomic E-state index is -0.343. The maximum atomic E-state index is 12.0. The number of aryl methyl sites for hydroxylation is 1. The molecule has 0 spiro atoms. The van der Waals surface area contributed by atoms with E-state index in [9.17, 15) is 4.79 Å². The molecule has 1 unspecified atom stereocenters. The minimum Gasteiger partial charge on any atom is -0.354 e. The molecule has 6 heteroatoms. The highest BCUT2D eigenvalue weighted by atomic mass is 16.2. The number of benzene rings is 1. The van der Waals surface area contributed by atoms with Crippen molar-refractivity contribution in [3.63, 3.8) is 0 Å². The Kier molecular flexibility index (Phi) is 3.45. The van der Waals surface area contributed by atoms with Gasteiger partial charge in [0.05, 0.1) is 0 Å². The van der Waals surface area contributed by atoms with Crippen molar-refractivity contribution in [2.75, 3.05) is 6.54 Å². The summed E-state index contributed by atoms with van der Waals surface area (Å²) < 4.78 is 0. The maximum absolute atomic E-state index is 12.0. The minimum absolute atomic E-state index is 0.0182. The molecule has 1 N–H and O–H groups in total. The number of hydrogen-bond acceptors (Lipinski definition) is 4. The number of carbonyl (C=O) groups excluding carboxylic acids is 1. The lowest BCUT2D eigenvalue weighted by atomic mass is 10.1. The third-order valence-electron chi connectivity index (χ3n) is 3.52. The first-order valence-corrected chi connectivity index (χ1v) is 6.88. The average molecular weight is 271 g/mol. The molecule has 1 aliphatic heterocycles. The van der Waals surface area contributed by atoms with Crippen molar-refractivity contribution >= 4 is 5.91 Å². The summed E-state index contributed by atoms with van der Waals surface area (Å²) in [5, 5.41) is 15.3. The lowest BCUT2D eigenvalue weighted by Gasteiger charge is -2.10. The van der Waals surface area contributed by atoms with Gasteiger partial charge in [0.2, 0.25) is 11.7 Å². The first-order valence-electron chi connectivity index (χ1n) is 6.88. The van der Waals surface area contributed by atoms with Crippen LogP contribution in [0.25, 0.3) is 11.4 Å². The van der Waals surface area contributed by atoms with Crippen LogP contribution in [0.2, 0.25) is 0 Å². The Balaban J connectivity index is 1.85. The molecule has 104 valence electrons. The molecule has 1 fully saturated rings. The number of amides is 1. The summed E-state index contributed by atoms with van der Waals surface area (Å²) in [5.41, 5.74) is 2.10. The van der Waals surface area contributed by atoms with Crippen molar-refractivity contribution < 1.29 is 4.79 Å². The summed E-state index contributed by atoms with van der Waals surface area (Å²) in [6.45, 7) is 2.76. The highest BCUT2D eigenvalue weighted by Crippen LogP contribution is 2.19. The summed E-state index contributed by atoms with van der Waals surface area (Å²) in [6, 6.07) is 7.60. The van der Waals surface area contributed by atoms with Crippen molar-refractivity contribution in [2.24, 2.45) is 0 Å². The monoisotopic (exact) mass is 271 g/mol. The van der Waals surface area contributed by atoms with Crippen LogP contribution in [0, 0.1) is 6.92 Å². The molecule has 1 aliphatic rings. The number of nitrogens with zero attached hydrogens (tertiary/aromatic N) is 4. The highest BCUT2D eigenvalue weighted by Gasteiger charge is 2.25. The van der Waals surface area contributed by atoms with Crippen molar-refractivity contribution in [2.45, 2.75) is 32.2 Å². The number of hydrogen-bond donors (Lipinski definition) is 1. The van der Waals surface area contributed by atoms with Crippen LogP contribution in [0.15, 0.2) is 24.3 Å². The van der Waals surface area contributed by atoms with E-state index in [-0.39, 0.29) is 11.9 Å². The van der Waals surface area contributed by atoms with E-state index in [1.807, 2.05) is 31.2 Å². The van der Waals surface area contributed by atoms with E-state index in [1.54, 1.807) is 0 Å². The van der Waals surface area contributed by atoms with Gasteiger partial charge in [0.25, 0.3) is 0 Å². The second-order valence-corrected chi connectivity index (χ2v) is 5.10. The Bertz CT molecular complexity index is 604. The van der Waals surface area contributed by atoms with E-state index < -0.39 is 0 Å². The van der Waals surface area contributed by atoms with E-state index in [2.05, 4.69) is 20.7 Å². The summed E-state index contributed by atoms with van der Waals surface area (Å²) in [5.74, 6) is 0.539. The third-order valence-corrected chi connectivity index (χ3v) is 3.52. The number of carbonyl (C=O) groups is 1. The second kappa shape index (κ2) is 5.40. The standard InChI is InChI=1S/C14H17N5O/c1-10-5-7-11(8-6-10)13-16-18-19(17-13)12-4-2-3-9-15-14(12)20/h5-8,12H,2-4,9H2,1H3,(H,15,20). The molecule has 1 saturated heterocycles. The number of aromatic nitrogens is 4. The van der Waals surface area contributed by atoms with Gasteiger partial charge >= 0.3 is 0 Å². The zero-order valence-electron chi connectivity index (χ0n) is 11.4. The van der Waals surface area contributed by atoms with Crippen LogP contribution in [0.5, 0.6) is 0 Å². The molecule has 1 aromatic heterocycles. The van der Waals surface area contributed by atoms with Crippen LogP contribution >= 0.6 is 0 Å². The quantitative estimate of drug-likeness (QED) is 0.898. The molecule has 1 aromatic carbocycles. The smallest absolute Gasteiger partial charge is 0.246 e. The molecule has 2 heterocycles. The van der Waals surface area contributed by atoms with Gasteiger partial charge in [-0.15, -0.1) is 10.2 Å². The normalized spacial score (nSPS) is 19.4. The summed E-state index contributed by atoms with van der Waals surface area (Å²) in [6.07, 6.45) is 2.75. The lowest BCUT2D eigenvalue weighted by molar-refractivity contribution is -0.124. The Morgan fingerprint density at radius 3 is 2.85 bits per heavy atom. The molecular formula is C14H17N5O. The maximum Gasteiger partial charge on any atom is 0.246 e. The SMILES string of the molecule is Cc1ccc(-c2nnn(C3CCCCNC3=O)n2)cc1. The molecule has 6 nitrogen and oxygen atoms in total. The fraction of sp³-hybridized carbons (Fsp3) is 0.429. The van der Waals surface area contributed by atoms with Crippen molar-refractivity contribution in [1.82, 2.24) is 25.5 Å². The largest absolute Gasteiger partial charge is 0.354 e. The van der Waals surface area contributed by atoms with E-state index in [0.29, 0.717) is 5.82 Å². The molecule has 0 bridgehead atoms. The van der Waals surface area contributed by atoms with Gasteiger partial charge < -0.3 is 5.32 Å². The van der Waals surface area contributed by atoms with Gasteiger partial charge in [0.15, 0.2) is 6.04 Å². The molecule has 0 radical (unpaired) electrons. The Labute approximate surface area is 117 Å². The molecule has 2 aromatic rings. The predicted octanol–water partition coefficient (Wildman–Crippen LogP) is 1.49. The molecule has 1 amide bonds. The Morgan fingerprint density at radius 1 is 1.25 bits per heavy atom. The van der Waals surface area contributed by atoms with E-state index in [0.717, 1.165) is 31.4 Å². The van der Waals surface area contributed by atoms with Gasteiger partial charge in [0.1, 0.15) is 0 Å². The molecular weight excluding hydrogens is 254 g/mol. The molecule has 1 atom stereocenters. The van der Waals surface area contributed by atoms with E-state index in [4.69, 9.17) is 0 Å². The van der Waals surface area contributed by atoms with E-state index >= 15 is 0 Å². The van der Waals surface area contributed by atoms with Crippen LogP contribution in [0.3, 0.4) is 0 Å². The molecule has 20 heavy (non-hydrogen) atoms. The molecule has 0 aliphatic carbocycles. The van der Waals surface area contributed by atoms with E-state index in [1.165, 1.54) is 10.4 Å². The van der Waals surface area contributed by atoms with Gasteiger partial charge in [-0.3, -0.25) is 4.79 Å². The first kappa shape index (κ1) is 12.8. The van der Waals surface area contributed by atoms with Gasteiger partial charge in [0, 0.05) is 12.1 Å². The number of tetrazole rings is 1. The highest BCUT2D eigenvalue weighted by molar-refractivity contribution is 5.80. The Morgan fingerprint density at radius 2 is 2.05 bits per heavy atom. The van der Waals surface area contributed by atoms with Crippen LogP contribution < -0.4 is 5.32 Å². The third kappa shape index (κ3) is 2.54. The van der Waals surface area contributed by atoms with Gasteiger partial charge in [-0.1, -0.05) is 29.8 Å². The van der Waals surface area contributed by atoms with Crippen molar-refractivity contribution in [1.29, 1.82) is 0 Å². The van der Waals surface area contributed by atoms with Crippen LogP contribution in [0.1, 0.15) is 30.9 Å². The fourth-order valence-electron chi connectivity index (χ4n) is 2.32. The first-order chi connectivity index (χ1) is 9.74.